The first-order chi connectivity index (χ1) is 9.29. The van der Waals surface area contributed by atoms with Crippen LogP contribution in [-0.2, 0) is 6.42 Å². The van der Waals surface area contributed by atoms with Crippen LogP contribution < -0.4 is 5.73 Å². The smallest absolute Gasteiger partial charge is 0.0406 e. The maximum atomic E-state index is 5.94. The summed E-state index contributed by atoms with van der Waals surface area (Å²) in [6.45, 7) is 0.724. The average molecular weight is 274 g/mol. The van der Waals surface area contributed by atoms with E-state index in [2.05, 4.69) is 42.5 Å². The van der Waals surface area contributed by atoms with E-state index in [1.165, 1.54) is 11.1 Å². The molecule has 2 N–H and O–H groups in total. The third-order valence-corrected chi connectivity index (χ3v) is 3.73. The molecule has 0 aromatic heterocycles. The minimum atomic E-state index is 0.516. The molecule has 0 spiro atoms. The highest BCUT2D eigenvalue weighted by atomic mass is 35.5. The first kappa shape index (κ1) is 14.1. The van der Waals surface area contributed by atoms with Crippen LogP contribution in [0.25, 0.3) is 0 Å². The van der Waals surface area contributed by atoms with E-state index in [9.17, 15) is 0 Å². The highest BCUT2D eigenvalue weighted by Crippen LogP contribution is 2.26. The molecule has 100 valence electrons. The average Bonchev–Trinajstić information content (AvgIpc) is 2.46. The summed E-state index contributed by atoms with van der Waals surface area (Å²) in [6.07, 6.45) is 3.24. The fourth-order valence-corrected chi connectivity index (χ4v) is 2.53. The Morgan fingerprint density at radius 1 is 0.895 bits per heavy atom. The number of hydrogen-bond donors (Lipinski definition) is 1. The lowest BCUT2D eigenvalue weighted by molar-refractivity contribution is 0.584. The van der Waals surface area contributed by atoms with Gasteiger partial charge in [0, 0.05) is 5.02 Å². The molecular formula is C17H20ClN. The van der Waals surface area contributed by atoms with Crippen molar-refractivity contribution in [1.82, 2.24) is 0 Å². The summed E-state index contributed by atoms with van der Waals surface area (Å²) >= 11 is 5.94. The Hall–Kier alpha value is -1.31. The van der Waals surface area contributed by atoms with Gasteiger partial charge in [0.2, 0.25) is 0 Å². The van der Waals surface area contributed by atoms with Gasteiger partial charge in [0.15, 0.2) is 0 Å². The molecule has 0 amide bonds. The number of halogens is 1. The van der Waals surface area contributed by atoms with Crippen molar-refractivity contribution in [3.05, 3.63) is 70.7 Å². The molecule has 0 bridgehead atoms. The van der Waals surface area contributed by atoms with Crippen molar-refractivity contribution in [1.29, 1.82) is 0 Å². The van der Waals surface area contributed by atoms with Gasteiger partial charge in [0.1, 0.15) is 0 Å². The molecule has 2 aromatic rings. The van der Waals surface area contributed by atoms with Gasteiger partial charge in [0.05, 0.1) is 0 Å². The first-order valence-corrected chi connectivity index (χ1v) is 7.17. The molecule has 0 aliphatic heterocycles. The third kappa shape index (κ3) is 4.38. The van der Waals surface area contributed by atoms with Crippen LogP contribution in [0.4, 0.5) is 0 Å². The van der Waals surface area contributed by atoms with Crippen LogP contribution >= 0.6 is 11.6 Å². The van der Waals surface area contributed by atoms with Crippen LogP contribution in [-0.4, -0.2) is 6.54 Å². The molecule has 0 saturated heterocycles. The molecule has 1 atom stereocenters. The molecule has 2 aromatic carbocycles. The van der Waals surface area contributed by atoms with Crippen molar-refractivity contribution in [2.75, 3.05) is 6.54 Å². The standard InChI is InChI=1S/C17H20ClN/c18-17-10-8-15(9-11-17)16(12-13-19)7-6-14-4-2-1-3-5-14/h1-5,8-11,16H,6-7,12-13,19H2. The van der Waals surface area contributed by atoms with Gasteiger partial charge in [-0.2, -0.15) is 0 Å². The Morgan fingerprint density at radius 3 is 2.21 bits per heavy atom. The van der Waals surface area contributed by atoms with Gasteiger partial charge >= 0.3 is 0 Å². The van der Waals surface area contributed by atoms with Gasteiger partial charge in [-0.25, -0.2) is 0 Å². The van der Waals surface area contributed by atoms with Crippen LogP contribution in [0.15, 0.2) is 54.6 Å². The zero-order valence-electron chi connectivity index (χ0n) is 11.1. The van der Waals surface area contributed by atoms with Crippen LogP contribution in [0.2, 0.25) is 5.02 Å². The molecule has 2 rings (SSSR count). The van der Waals surface area contributed by atoms with Crippen LogP contribution in [0, 0.1) is 0 Å². The van der Waals surface area contributed by atoms with Crippen molar-refractivity contribution >= 4 is 11.6 Å². The van der Waals surface area contributed by atoms with E-state index in [0.717, 1.165) is 30.8 Å². The molecule has 1 unspecified atom stereocenters. The van der Waals surface area contributed by atoms with E-state index in [1.54, 1.807) is 0 Å². The van der Waals surface area contributed by atoms with E-state index < -0.39 is 0 Å². The second kappa shape index (κ2) is 7.32. The number of benzene rings is 2. The van der Waals surface area contributed by atoms with E-state index >= 15 is 0 Å². The molecule has 0 aliphatic rings. The normalized spacial score (nSPS) is 12.3. The number of nitrogens with two attached hydrogens (primary N) is 1. The van der Waals surface area contributed by atoms with Gasteiger partial charge in [0.25, 0.3) is 0 Å². The van der Waals surface area contributed by atoms with Crippen molar-refractivity contribution in [2.24, 2.45) is 5.73 Å². The lowest BCUT2D eigenvalue weighted by Gasteiger charge is -2.16. The maximum absolute atomic E-state index is 5.94. The molecule has 19 heavy (non-hydrogen) atoms. The van der Waals surface area contributed by atoms with Gasteiger partial charge < -0.3 is 5.73 Å². The van der Waals surface area contributed by atoms with E-state index in [4.69, 9.17) is 17.3 Å². The molecule has 1 nitrogen and oxygen atoms in total. The highest BCUT2D eigenvalue weighted by molar-refractivity contribution is 6.30. The third-order valence-electron chi connectivity index (χ3n) is 3.48. The molecule has 0 radical (unpaired) electrons. The van der Waals surface area contributed by atoms with Crippen molar-refractivity contribution in [3.8, 4) is 0 Å². The maximum Gasteiger partial charge on any atom is 0.0406 e. The van der Waals surface area contributed by atoms with E-state index in [1.807, 2.05) is 12.1 Å². The number of rotatable bonds is 6. The molecule has 0 aliphatic carbocycles. The lowest BCUT2D eigenvalue weighted by Crippen LogP contribution is -2.08. The monoisotopic (exact) mass is 273 g/mol. The summed E-state index contributed by atoms with van der Waals surface area (Å²) in [4.78, 5) is 0. The quantitative estimate of drug-likeness (QED) is 0.829. The fraction of sp³-hybridized carbons (Fsp3) is 0.294. The summed E-state index contributed by atoms with van der Waals surface area (Å²) in [5.41, 5.74) is 8.47. The van der Waals surface area contributed by atoms with Crippen molar-refractivity contribution < 1.29 is 0 Å². The summed E-state index contributed by atoms with van der Waals surface area (Å²) in [5, 5.41) is 0.790. The van der Waals surface area contributed by atoms with Gasteiger partial charge in [-0.3, -0.25) is 0 Å². The number of hydrogen-bond acceptors (Lipinski definition) is 1. The fourth-order valence-electron chi connectivity index (χ4n) is 2.40. The minimum Gasteiger partial charge on any atom is -0.330 e. The highest BCUT2D eigenvalue weighted by Gasteiger charge is 2.10. The van der Waals surface area contributed by atoms with Crippen molar-refractivity contribution in [2.45, 2.75) is 25.2 Å². The zero-order chi connectivity index (χ0) is 13.5. The largest absolute Gasteiger partial charge is 0.330 e. The Kier molecular flexibility index (Phi) is 5.44. The first-order valence-electron chi connectivity index (χ1n) is 6.79. The lowest BCUT2D eigenvalue weighted by atomic mass is 9.90. The predicted molar refractivity (Wildman–Crippen MR) is 82.6 cm³/mol. The van der Waals surface area contributed by atoms with E-state index in [0.29, 0.717) is 5.92 Å². The Labute approximate surface area is 120 Å². The molecule has 2 heteroatoms. The van der Waals surface area contributed by atoms with Gasteiger partial charge in [-0.05, 0) is 55.0 Å². The summed E-state index contributed by atoms with van der Waals surface area (Å²) < 4.78 is 0. The molecule has 0 fully saturated rings. The van der Waals surface area contributed by atoms with Crippen molar-refractivity contribution in [3.63, 3.8) is 0 Å². The zero-order valence-corrected chi connectivity index (χ0v) is 11.8. The van der Waals surface area contributed by atoms with E-state index in [-0.39, 0.29) is 0 Å². The van der Waals surface area contributed by atoms with Gasteiger partial charge in [-0.1, -0.05) is 54.1 Å². The SMILES string of the molecule is NCCC(CCc1ccccc1)c1ccc(Cl)cc1. The summed E-state index contributed by atoms with van der Waals surface area (Å²) in [6, 6.07) is 18.8. The molecule has 0 heterocycles. The van der Waals surface area contributed by atoms with Crippen LogP contribution in [0.3, 0.4) is 0 Å². The van der Waals surface area contributed by atoms with Crippen LogP contribution in [0.5, 0.6) is 0 Å². The topological polar surface area (TPSA) is 26.0 Å². The Balaban J connectivity index is 2.02. The predicted octanol–water partition coefficient (Wildman–Crippen LogP) is 4.41. The second-order valence-corrected chi connectivity index (χ2v) is 5.29. The second-order valence-electron chi connectivity index (χ2n) is 4.85. The minimum absolute atomic E-state index is 0.516. The Bertz CT molecular complexity index is 478. The van der Waals surface area contributed by atoms with Crippen LogP contribution in [0.1, 0.15) is 29.9 Å². The summed E-state index contributed by atoms with van der Waals surface area (Å²) in [7, 11) is 0. The van der Waals surface area contributed by atoms with Gasteiger partial charge in [-0.15, -0.1) is 0 Å². The summed E-state index contributed by atoms with van der Waals surface area (Å²) in [5.74, 6) is 0.516. The Morgan fingerprint density at radius 2 is 1.58 bits per heavy atom. The molecule has 0 saturated carbocycles. The number of aryl methyl sites for hydroxylation is 1. The molecular weight excluding hydrogens is 254 g/mol.